The molecule has 1 aromatic heterocycles. The van der Waals surface area contributed by atoms with Gasteiger partial charge in [-0.3, -0.25) is 0 Å². The van der Waals surface area contributed by atoms with E-state index in [2.05, 4.69) is 114 Å². The molecule has 0 bridgehead atoms. The number of hydrogen-bond acceptors (Lipinski definition) is 0. The van der Waals surface area contributed by atoms with Crippen molar-refractivity contribution in [2.75, 3.05) is 0 Å². The Morgan fingerprint density at radius 1 is 0.630 bits per heavy atom. The third-order valence-electron chi connectivity index (χ3n) is 5.15. The zero-order chi connectivity index (χ0) is 18.2. The van der Waals surface area contributed by atoms with Crippen LogP contribution in [0.4, 0.5) is 0 Å². The molecule has 5 rings (SSSR count). The van der Waals surface area contributed by atoms with Crippen LogP contribution in [0.5, 0.6) is 0 Å². The molecule has 0 saturated heterocycles. The average Bonchev–Trinajstić information content (AvgIpc) is 3.13. The molecule has 5 aromatic rings. The Balaban J connectivity index is 1.80. The molecule has 128 valence electrons. The van der Waals surface area contributed by atoms with E-state index >= 15 is 0 Å². The molecule has 4 aromatic carbocycles. The lowest BCUT2D eigenvalue weighted by Crippen LogP contribution is -2.00. The second kappa shape index (κ2) is 6.30. The zero-order valence-electron chi connectivity index (χ0n) is 15.0. The standard InChI is InChI=1S/C26H19N/c1-19(23-16-9-14-20-10-5-7-15-24(20)23)27-25-17-8-6-13-22(25)18-26(27)21-11-3-2-4-12-21/h2-18H,1H2. The summed E-state index contributed by atoms with van der Waals surface area (Å²) in [5.41, 5.74) is 5.68. The fraction of sp³-hybridized carbons (Fsp3) is 0. The van der Waals surface area contributed by atoms with Crippen molar-refractivity contribution in [3.05, 3.63) is 115 Å². The molecule has 0 unspecified atom stereocenters. The minimum atomic E-state index is 0.992. The smallest absolute Gasteiger partial charge is 0.0540 e. The minimum Gasteiger partial charge on any atom is -0.309 e. The van der Waals surface area contributed by atoms with Gasteiger partial charge in [0.05, 0.1) is 11.2 Å². The molecular weight excluding hydrogens is 326 g/mol. The predicted octanol–water partition coefficient (Wildman–Crippen LogP) is 6.98. The van der Waals surface area contributed by atoms with Gasteiger partial charge >= 0.3 is 0 Å². The number of aromatic nitrogens is 1. The lowest BCUT2D eigenvalue weighted by Gasteiger charge is -2.16. The Hall–Kier alpha value is -3.58. The summed E-state index contributed by atoms with van der Waals surface area (Å²) >= 11 is 0. The summed E-state index contributed by atoms with van der Waals surface area (Å²) in [6.45, 7) is 4.52. The molecule has 27 heavy (non-hydrogen) atoms. The Kier molecular flexibility index (Phi) is 3.65. The molecule has 0 spiro atoms. The number of para-hydroxylation sites is 1. The fourth-order valence-corrected chi connectivity index (χ4v) is 3.86. The Labute approximate surface area is 158 Å². The molecule has 0 aliphatic rings. The monoisotopic (exact) mass is 345 g/mol. The Morgan fingerprint density at radius 3 is 2.15 bits per heavy atom. The maximum absolute atomic E-state index is 4.52. The summed E-state index contributed by atoms with van der Waals surface area (Å²) in [5.74, 6) is 0. The van der Waals surface area contributed by atoms with Crippen LogP contribution in [0.25, 0.3) is 38.6 Å². The largest absolute Gasteiger partial charge is 0.309 e. The molecule has 0 aliphatic heterocycles. The van der Waals surface area contributed by atoms with Crippen molar-refractivity contribution in [3.63, 3.8) is 0 Å². The van der Waals surface area contributed by atoms with Gasteiger partial charge in [0.15, 0.2) is 0 Å². The van der Waals surface area contributed by atoms with Gasteiger partial charge in [-0.15, -0.1) is 0 Å². The Morgan fingerprint density at radius 2 is 1.30 bits per heavy atom. The van der Waals surface area contributed by atoms with Gasteiger partial charge in [0.2, 0.25) is 0 Å². The van der Waals surface area contributed by atoms with Gasteiger partial charge < -0.3 is 4.57 Å². The number of nitrogens with zero attached hydrogens (tertiary/aromatic N) is 1. The van der Waals surface area contributed by atoms with Gasteiger partial charge in [0.25, 0.3) is 0 Å². The first-order valence-electron chi connectivity index (χ1n) is 9.16. The van der Waals surface area contributed by atoms with E-state index < -0.39 is 0 Å². The number of hydrogen-bond donors (Lipinski definition) is 0. The SMILES string of the molecule is C=C(c1cccc2ccccc12)n1c(-c2ccccc2)cc2ccccc21. The summed E-state index contributed by atoms with van der Waals surface area (Å²) in [6, 6.07) is 36.2. The molecule has 0 amide bonds. The zero-order valence-corrected chi connectivity index (χ0v) is 15.0. The van der Waals surface area contributed by atoms with Gasteiger partial charge in [-0.25, -0.2) is 0 Å². The van der Waals surface area contributed by atoms with Crippen molar-refractivity contribution >= 4 is 27.4 Å². The van der Waals surface area contributed by atoms with Crippen LogP contribution >= 0.6 is 0 Å². The fourth-order valence-electron chi connectivity index (χ4n) is 3.86. The van der Waals surface area contributed by atoms with Crippen LogP contribution in [-0.2, 0) is 0 Å². The first kappa shape index (κ1) is 15.7. The summed E-state index contributed by atoms with van der Waals surface area (Å²) in [5, 5.41) is 3.67. The molecule has 1 nitrogen and oxygen atoms in total. The molecule has 1 heterocycles. The third kappa shape index (κ3) is 2.56. The molecule has 0 saturated carbocycles. The minimum absolute atomic E-state index is 0.992. The van der Waals surface area contributed by atoms with Crippen LogP contribution in [0.15, 0.2) is 110 Å². The first-order valence-corrected chi connectivity index (χ1v) is 9.16. The molecule has 1 heteroatoms. The average molecular weight is 345 g/mol. The van der Waals surface area contributed by atoms with E-state index in [0.717, 1.165) is 17.0 Å². The number of benzene rings is 4. The van der Waals surface area contributed by atoms with Crippen LogP contribution in [0, 0.1) is 0 Å². The lowest BCUT2D eigenvalue weighted by molar-refractivity contribution is 1.18. The molecule has 0 N–H and O–H groups in total. The molecule has 0 fully saturated rings. The maximum Gasteiger partial charge on any atom is 0.0540 e. The molecule has 0 atom stereocenters. The van der Waals surface area contributed by atoms with Crippen LogP contribution < -0.4 is 0 Å². The lowest BCUT2D eigenvalue weighted by atomic mass is 10.0. The quantitative estimate of drug-likeness (QED) is 0.332. The molecule has 0 aliphatic carbocycles. The van der Waals surface area contributed by atoms with Gasteiger partial charge in [-0.1, -0.05) is 97.6 Å². The summed E-state index contributed by atoms with van der Waals surface area (Å²) in [7, 11) is 0. The van der Waals surface area contributed by atoms with Crippen LogP contribution in [0.3, 0.4) is 0 Å². The highest BCUT2D eigenvalue weighted by atomic mass is 15.0. The van der Waals surface area contributed by atoms with Gasteiger partial charge in [-0.2, -0.15) is 0 Å². The predicted molar refractivity (Wildman–Crippen MR) is 116 cm³/mol. The van der Waals surface area contributed by atoms with E-state index in [0.29, 0.717) is 0 Å². The van der Waals surface area contributed by atoms with E-state index in [9.17, 15) is 0 Å². The van der Waals surface area contributed by atoms with Gasteiger partial charge in [-0.05, 0) is 28.5 Å². The van der Waals surface area contributed by atoms with E-state index in [4.69, 9.17) is 0 Å². The van der Waals surface area contributed by atoms with Crippen LogP contribution in [-0.4, -0.2) is 4.57 Å². The maximum atomic E-state index is 4.52. The van der Waals surface area contributed by atoms with Gasteiger partial charge in [0, 0.05) is 16.6 Å². The highest BCUT2D eigenvalue weighted by molar-refractivity contribution is 5.98. The van der Waals surface area contributed by atoms with E-state index in [-0.39, 0.29) is 0 Å². The molecular formula is C26H19N. The van der Waals surface area contributed by atoms with Crippen LogP contribution in [0.1, 0.15) is 5.56 Å². The van der Waals surface area contributed by atoms with Gasteiger partial charge in [0.1, 0.15) is 0 Å². The normalized spacial score (nSPS) is 11.1. The summed E-state index contributed by atoms with van der Waals surface area (Å²) in [6.07, 6.45) is 0. The second-order valence-corrected chi connectivity index (χ2v) is 6.76. The number of rotatable bonds is 3. The topological polar surface area (TPSA) is 4.93 Å². The third-order valence-corrected chi connectivity index (χ3v) is 5.15. The Bertz CT molecular complexity index is 1270. The van der Waals surface area contributed by atoms with Crippen LogP contribution in [0.2, 0.25) is 0 Å². The summed E-state index contributed by atoms with van der Waals surface area (Å²) in [4.78, 5) is 0. The summed E-state index contributed by atoms with van der Waals surface area (Å²) < 4.78 is 2.28. The van der Waals surface area contributed by atoms with Crippen molar-refractivity contribution in [1.29, 1.82) is 0 Å². The van der Waals surface area contributed by atoms with Crippen molar-refractivity contribution in [2.45, 2.75) is 0 Å². The second-order valence-electron chi connectivity index (χ2n) is 6.76. The highest BCUT2D eigenvalue weighted by Crippen LogP contribution is 2.34. The van der Waals surface area contributed by atoms with E-state index in [1.54, 1.807) is 0 Å². The van der Waals surface area contributed by atoms with Crippen molar-refractivity contribution in [1.82, 2.24) is 4.57 Å². The van der Waals surface area contributed by atoms with E-state index in [1.807, 2.05) is 0 Å². The first-order chi connectivity index (χ1) is 13.3. The van der Waals surface area contributed by atoms with Crippen molar-refractivity contribution in [2.24, 2.45) is 0 Å². The van der Waals surface area contributed by atoms with E-state index in [1.165, 1.54) is 27.2 Å². The van der Waals surface area contributed by atoms with Crippen molar-refractivity contribution < 1.29 is 0 Å². The van der Waals surface area contributed by atoms with Crippen molar-refractivity contribution in [3.8, 4) is 11.3 Å². The highest BCUT2D eigenvalue weighted by Gasteiger charge is 2.15. The number of fused-ring (bicyclic) bond motifs is 2. The molecule has 0 radical (unpaired) electrons.